The number of benzene rings is 1. The summed E-state index contributed by atoms with van der Waals surface area (Å²) < 4.78 is 6.37. The lowest BCUT2D eigenvalue weighted by molar-refractivity contribution is 0.413. The number of rotatable bonds is 5. The molecule has 0 aromatic heterocycles. The van der Waals surface area contributed by atoms with Crippen molar-refractivity contribution in [1.29, 1.82) is 0 Å². The van der Waals surface area contributed by atoms with E-state index in [9.17, 15) is 0 Å². The van der Waals surface area contributed by atoms with Crippen molar-refractivity contribution in [2.75, 3.05) is 14.2 Å². The number of likely N-dealkylation sites (N-methyl/N-ethyl adjacent to an activating group) is 1. The molecule has 0 bridgehead atoms. The van der Waals surface area contributed by atoms with E-state index in [1.165, 1.54) is 5.56 Å². The maximum Gasteiger partial charge on any atom is 0.119 e. The van der Waals surface area contributed by atoms with Crippen molar-refractivity contribution >= 4 is 15.9 Å². The lowest BCUT2D eigenvalue weighted by Gasteiger charge is -2.15. The van der Waals surface area contributed by atoms with Crippen LogP contribution in [0.3, 0.4) is 0 Å². The van der Waals surface area contributed by atoms with Crippen LogP contribution < -0.4 is 10.1 Å². The molecule has 0 heterocycles. The average Bonchev–Trinajstić information content (AvgIpc) is 2.28. The van der Waals surface area contributed by atoms with Crippen molar-refractivity contribution < 1.29 is 4.74 Å². The van der Waals surface area contributed by atoms with Crippen molar-refractivity contribution in [3.63, 3.8) is 0 Å². The van der Waals surface area contributed by atoms with E-state index < -0.39 is 0 Å². The predicted molar refractivity (Wildman–Crippen MR) is 67.5 cm³/mol. The summed E-state index contributed by atoms with van der Waals surface area (Å²) >= 11 is 3.56. The van der Waals surface area contributed by atoms with Crippen LogP contribution in [-0.4, -0.2) is 20.2 Å². The third kappa shape index (κ3) is 3.50. The first-order chi connectivity index (χ1) is 7.21. The van der Waals surface area contributed by atoms with Gasteiger partial charge in [-0.3, -0.25) is 0 Å². The predicted octanol–water partition coefficient (Wildman–Crippen LogP) is 3.00. The largest absolute Gasteiger partial charge is 0.497 e. The van der Waals surface area contributed by atoms with Gasteiger partial charge in [-0.1, -0.05) is 22.9 Å². The molecular weight excluding hydrogens is 254 g/mol. The van der Waals surface area contributed by atoms with Crippen LogP contribution in [0.1, 0.15) is 18.9 Å². The standard InChI is InChI=1S/C12H18BrNO/c1-4-10(14-2)7-9-8-11(15-3)5-6-12(9)13/h5-6,8,10,14H,4,7H2,1-3H3. The molecule has 0 fully saturated rings. The number of hydrogen-bond acceptors (Lipinski definition) is 2. The van der Waals surface area contributed by atoms with Crippen molar-refractivity contribution in [2.45, 2.75) is 25.8 Å². The van der Waals surface area contributed by atoms with Gasteiger partial charge in [0, 0.05) is 10.5 Å². The third-order valence-electron chi connectivity index (χ3n) is 2.62. The molecule has 0 saturated carbocycles. The zero-order chi connectivity index (χ0) is 11.3. The van der Waals surface area contributed by atoms with Gasteiger partial charge in [-0.25, -0.2) is 0 Å². The van der Waals surface area contributed by atoms with E-state index >= 15 is 0 Å². The monoisotopic (exact) mass is 271 g/mol. The topological polar surface area (TPSA) is 21.3 Å². The van der Waals surface area contributed by atoms with Crippen molar-refractivity contribution in [3.8, 4) is 5.75 Å². The number of methoxy groups -OCH3 is 1. The summed E-state index contributed by atoms with van der Waals surface area (Å²) in [7, 11) is 3.70. The molecule has 3 heteroatoms. The molecule has 1 aromatic rings. The summed E-state index contributed by atoms with van der Waals surface area (Å²) in [5, 5.41) is 3.30. The summed E-state index contributed by atoms with van der Waals surface area (Å²) in [5.41, 5.74) is 1.29. The van der Waals surface area contributed by atoms with Crippen LogP contribution in [-0.2, 0) is 6.42 Å². The summed E-state index contributed by atoms with van der Waals surface area (Å²) in [6.45, 7) is 2.19. The van der Waals surface area contributed by atoms with E-state index in [4.69, 9.17) is 4.74 Å². The van der Waals surface area contributed by atoms with Crippen LogP contribution in [0.15, 0.2) is 22.7 Å². The van der Waals surface area contributed by atoms with Crippen LogP contribution in [0.25, 0.3) is 0 Å². The quantitative estimate of drug-likeness (QED) is 0.889. The van der Waals surface area contributed by atoms with Gasteiger partial charge in [0.1, 0.15) is 5.75 Å². The first kappa shape index (κ1) is 12.5. The summed E-state index contributed by atoms with van der Waals surface area (Å²) in [5.74, 6) is 0.916. The molecule has 2 nitrogen and oxygen atoms in total. The number of ether oxygens (including phenoxy) is 1. The molecule has 0 radical (unpaired) electrons. The van der Waals surface area contributed by atoms with Gasteiger partial charge in [0.25, 0.3) is 0 Å². The average molecular weight is 272 g/mol. The minimum absolute atomic E-state index is 0.522. The Morgan fingerprint density at radius 2 is 2.20 bits per heavy atom. The molecule has 1 unspecified atom stereocenters. The Hall–Kier alpha value is -0.540. The van der Waals surface area contributed by atoms with E-state index in [1.54, 1.807) is 7.11 Å². The maximum absolute atomic E-state index is 5.22. The number of nitrogens with one attached hydrogen (secondary N) is 1. The molecule has 1 rings (SSSR count). The van der Waals surface area contributed by atoms with Gasteiger partial charge in [0.2, 0.25) is 0 Å². The molecule has 84 valence electrons. The first-order valence-corrected chi connectivity index (χ1v) is 6.00. The molecule has 0 aliphatic rings. The van der Waals surface area contributed by atoms with Gasteiger partial charge in [-0.15, -0.1) is 0 Å². The molecule has 0 saturated heterocycles. The lowest BCUT2D eigenvalue weighted by atomic mass is 10.0. The van der Waals surface area contributed by atoms with E-state index in [2.05, 4.69) is 34.2 Å². The minimum atomic E-state index is 0.522. The molecule has 15 heavy (non-hydrogen) atoms. The van der Waals surface area contributed by atoms with Gasteiger partial charge >= 0.3 is 0 Å². The van der Waals surface area contributed by atoms with Crippen molar-refractivity contribution in [2.24, 2.45) is 0 Å². The zero-order valence-corrected chi connectivity index (χ0v) is 11.1. The van der Waals surface area contributed by atoms with Crippen molar-refractivity contribution in [1.82, 2.24) is 5.32 Å². The Morgan fingerprint density at radius 3 is 2.73 bits per heavy atom. The fourth-order valence-electron chi connectivity index (χ4n) is 1.55. The Bertz CT molecular complexity index is 310. The number of halogens is 1. The highest BCUT2D eigenvalue weighted by Crippen LogP contribution is 2.23. The Labute approximate surface area is 100 Å². The first-order valence-electron chi connectivity index (χ1n) is 5.21. The highest BCUT2D eigenvalue weighted by Gasteiger charge is 2.08. The van der Waals surface area contributed by atoms with Gasteiger partial charge in [0.05, 0.1) is 7.11 Å². The van der Waals surface area contributed by atoms with Gasteiger partial charge in [-0.2, -0.15) is 0 Å². The smallest absolute Gasteiger partial charge is 0.119 e. The second-order valence-electron chi connectivity index (χ2n) is 3.56. The van der Waals surface area contributed by atoms with Gasteiger partial charge in [0.15, 0.2) is 0 Å². The summed E-state index contributed by atoms with van der Waals surface area (Å²) in [6, 6.07) is 6.61. The second-order valence-corrected chi connectivity index (χ2v) is 4.41. The highest BCUT2D eigenvalue weighted by atomic mass is 79.9. The second kappa shape index (κ2) is 6.13. The summed E-state index contributed by atoms with van der Waals surface area (Å²) in [4.78, 5) is 0. The highest BCUT2D eigenvalue weighted by molar-refractivity contribution is 9.10. The number of hydrogen-bond donors (Lipinski definition) is 1. The van der Waals surface area contributed by atoms with Crippen LogP contribution in [0.4, 0.5) is 0 Å². The normalized spacial score (nSPS) is 12.5. The van der Waals surface area contributed by atoms with E-state index in [1.807, 2.05) is 19.2 Å². The lowest BCUT2D eigenvalue weighted by Crippen LogP contribution is -2.26. The molecule has 0 aliphatic carbocycles. The molecular formula is C12H18BrNO. The fourth-order valence-corrected chi connectivity index (χ4v) is 1.96. The van der Waals surface area contributed by atoms with Gasteiger partial charge in [-0.05, 0) is 43.7 Å². The zero-order valence-electron chi connectivity index (χ0n) is 9.51. The molecule has 1 atom stereocenters. The molecule has 0 amide bonds. The van der Waals surface area contributed by atoms with E-state index in [-0.39, 0.29) is 0 Å². The van der Waals surface area contributed by atoms with Crippen molar-refractivity contribution in [3.05, 3.63) is 28.2 Å². The van der Waals surface area contributed by atoms with Crippen LogP contribution in [0.2, 0.25) is 0 Å². The Balaban J connectivity index is 2.82. The van der Waals surface area contributed by atoms with E-state index in [0.717, 1.165) is 23.1 Å². The van der Waals surface area contributed by atoms with Crippen LogP contribution >= 0.6 is 15.9 Å². The Kier molecular flexibility index (Phi) is 5.12. The molecule has 1 aromatic carbocycles. The van der Waals surface area contributed by atoms with Crippen LogP contribution in [0.5, 0.6) is 5.75 Å². The molecule has 0 spiro atoms. The van der Waals surface area contributed by atoms with E-state index in [0.29, 0.717) is 6.04 Å². The molecule has 1 N–H and O–H groups in total. The third-order valence-corrected chi connectivity index (χ3v) is 3.39. The SMILES string of the molecule is CCC(Cc1cc(OC)ccc1Br)NC. The van der Waals surface area contributed by atoms with Crippen LogP contribution in [0, 0.1) is 0 Å². The fraction of sp³-hybridized carbons (Fsp3) is 0.500. The summed E-state index contributed by atoms with van der Waals surface area (Å²) in [6.07, 6.45) is 2.14. The minimum Gasteiger partial charge on any atom is -0.497 e. The Morgan fingerprint density at radius 1 is 1.47 bits per heavy atom. The van der Waals surface area contributed by atoms with Gasteiger partial charge < -0.3 is 10.1 Å². The maximum atomic E-state index is 5.22. The molecule has 0 aliphatic heterocycles.